The Hall–Kier alpha value is -2.33. The second-order valence-corrected chi connectivity index (χ2v) is 6.09. The highest BCUT2D eigenvalue weighted by Crippen LogP contribution is 2.16. The van der Waals surface area contributed by atoms with E-state index in [2.05, 4.69) is 4.99 Å². The van der Waals surface area contributed by atoms with Crippen LogP contribution in [0.25, 0.3) is 0 Å². The average molecular weight is 345 g/mol. The lowest BCUT2D eigenvalue weighted by Crippen LogP contribution is -2.31. The van der Waals surface area contributed by atoms with E-state index in [1.165, 1.54) is 0 Å². The topological polar surface area (TPSA) is 41.9 Å². The Morgan fingerprint density at radius 1 is 1.12 bits per heavy atom. The van der Waals surface area contributed by atoms with Gasteiger partial charge in [-0.2, -0.15) is 4.99 Å². The van der Waals surface area contributed by atoms with Crippen molar-refractivity contribution < 1.29 is 9.53 Å². The summed E-state index contributed by atoms with van der Waals surface area (Å²) in [7, 11) is 1.84. The molecule has 0 aromatic heterocycles. The molecule has 2 rings (SSSR count). The minimum absolute atomic E-state index is 0.0963. The van der Waals surface area contributed by atoms with E-state index in [0.29, 0.717) is 17.1 Å². The molecule has 1 amide bonds. The highest BCUT2D eigenvalue weighted by atomic mass is 35.5. The van der Waals surface area contributed by atoms with Crippen molar-refractivity contribution in [1.82, 2.24) is 4.90 Å². The van der Waals surface area contributed by atoms with Crippen molar-refractivity contribution in [2.45, 2.75) is 26.5 Å². The molecule has 2 aromatic carbocycles. The summed E-state index contributed by atoms with van der Waals surface area (Å²) in [6.45, 7) is 4.37. The van der Waals surface area contributed by atoms with Crippen LogP contribution in [-0.4, -0.2) is 30.0 Å². The molecule has 0 heterocycles. The van der Waals surface area contributed by atoms with Gasteiger partial charge in [0.1, 0.15) is 0 Å². The first-order valence-corrected chi connectivity index (χ1v) is 8.14. The van der Waals surface area contributed by atoms with E-state index >= 15 is 0 Å². The molecule has 2 aromatic rings. The van der Waals surface area contributed by atoms with Gasteiger partial charge in [0.15, 0.2) is 0 Å². The zero-order valence-corrected chi connectivity index (χ0v) is 14.8. The Morgan fingerprint density at radius 3 is 2.38 bits per heavy atom. The molecule has 0 aliphatic heterocycles. The highest BCUT2D eigenvalue weighted by Gasteiger charge is 2.16. The number of halogens is 1. The lowest BCUT2D eigenvalue weighted by atomic mass is 10.2. The van der Waals surface area contributed by atoms with Crippen molar-refractivity contribution in [2.75, 3.05) is 7.05 Å². The lowest BCUT2D eigenvalue weighted by molar-refractivity contribution is 0.0990. The van der Waals surface area contributed by atoms with Crippen molar-refractivity contribution in [3.8, 4) is 0 Å². The number of amidine groups is 1. The van der Waals surface area contributed by atoms with E-state index in [-0.39, 0.29) is 12.1 Å². The van der Waals surface area contributed by atoms with Gasteiger partial charge in [0.2, 0.25) is 0 Å². The van der Waals surface area contributed by atoms with E-state index in [1.54, 1.807) is 24.3 Å². The number of aliphatic imine (C=N–C) groups is 1. The van der Waals surface area contributed by atoms with Gasteiger partial charge >= 0.3 is 0 Å². The van der Waals surface area contributed by atoms with Crippen LogP contribution in [0.2, 0.25) is 5.02 Å². The fourth-order valence-electron chi connectivity index (χ4n) is 2.12. The van der Waals surface area contributed by atoms with Gasteiger partial charge in [0.05, 0.1) is 16.7 Å². The molecule has 0 N–H and O–H groups in total. The summed E-state index contributed by atoms with van der Waals surface area (Å²) in [6.07, 6.45) is -0.0963. The third kappa shape index (κ3) is 5.10. The first-order chi connectivity index (χ1) is 11.5. The minimum atomic E-state index is -0.420. The molecule has 0 aliphatic rings. The van der Waals surface area contributed by atoms with Crippen LogP contribution in [-0.2, 0) is 11.3 Å². The molecule has 0 spiro atoms. The van der Waals surface area contributed by atoms with Crippen molar-refractivity contribution in [1.29, 1.82) is 0 Å². The summed E-state index contributed by atoms with van der Waals surface area (Å²) < 4.78 is 5.73. The van der Waals surface area contributed by atoms with E-state index < -0.39 is 5.91 Å². The van der Waals surface area contributed by atoms with Crippen LogP contribution in [0.5, 0.6) is 0 Å². The van der Waals surface area contributed by atoms with Gasteiger partial charge in [-0.25, -0.2) is 0 Å². The SMILES string of the molecule is CC(C)OC(=NC(=O)c1ccccc1Cl)N(C)Cc1ccccc1. The first-order valence-electron chi connectivity index (χ1n) is 7.76. The zero-order valence-electron chi connectivity index (χ0n) is 14.1. The summed E-state index contributed by atoms with van der Waals surface area (Å²) in [6, 6.07) is 17.1. The molecule has 0 aliphatic carbocycles. The second kappa shape index (κ2) is 8.50. The van der Waals surface area contributed by atoms with E-state index in [1.807, 2.05) is 56.1 Å². The first kappa shape index (κ1) is 18.0. The van der Waals surface area contributed by atoms with Gasteiger partial charge in [-0.15, -0.1) is 0 Å². The van der Waals surface area contributed by atoms with Crippen molar-refractivity contribution >= 4 is 23.5 Å². The predicted molar refractivity (Wildman–Crippen MR) is 97.3 cm³/mol. The fraction of sp³-hybridized carbons (Fsp3) is 0.263. The molecule has 126 valence electrons. The Morgan fingerprint density at radius 2 is 1.75 bits per heavy atom. The molecule has 0 unspecified atom stereocenters. The maximum Gasteiger partial charge on any atom is 0.295 e. The third-order valence-electron chi connectivity index (χ3n) is 3.23. The van der Waals surface area contributed by atoms with Gasteiger partial charge in [-0.3, -0.25) is 4.79 Å². The summed E-state index contributed by atoms with van der Waals surface area (Å²) in [5.74, 6) is -0.420. The Bertz CT molecular complexity index is 714. The monoisotopic (exact) mass is 344 g/mol. The standard InChI is InChI=1S/C19H21ClN2O2/c1-14(2)24-19(22(3)13-15-9-5-4-6-10-15)21-18(23)16-11-7-8-12-17(16)20/h4-12,14H,13H2,1-3H3. The minimum Gasteiger partial charge on any atom is -0.462 e. The smallest absolute Gasteiger partial charge is 0.295 e. The molecule has 0 saturated heterocycles. The molecule has 0 bridgehead atoms. The van der Waals surface area contributed by atoms with Gasteiger partial charge in [-0.1, -0.05) is 54.1 Å². The summed E-state index contributed by atoms with van der Waals surface area (Å²) in [5.41, 5.74) is 1.46. The van der Waals surface area contributed by atoms with Crippen molar-refractivity contribution in [3.63, 3.8) is 0 Å². The number of ether oxygens (including phenoxy) is 1. The molecule has 24 heavy (non-hydrogen) atoms. The number of hydrogen-bond donors (Lipinski definition) is 0. The van der Waals surface area contributed by atoms with Crippen LogP contribution < -0.4 is 0 Å². The normalized spacial score (nSPS) is 11.5. The van der Waals surface area contributed by atoms with Crippen LogP contribution in [0.15, 0.2) is 59.6 Å². The number of benzene rings is 2. The van der Waals surface area contributed by atoms with E-state index in [9.17, 15) is 4.79 Å². The number of carbonyl (C=O) groups is 1. The number of hydrogen-bond acceptors (Lipinski definition) is 2. The Balaban J connectivity index is 2.23. The van der Waals surface area contributed by atoms with Crippen LogP contribution in [0.1, 0.15) is 29.8 Å². The molecule has 0 fully saturated rings. The van der Waals surface area contributed by atoms with E-state index in [0.717, 1.165) is 5.56 Å². The van der Waals surface area contributed by atoms with Crippen molar-refractivity contribution in [2.24, 2.45) is 4.99 Å². The summed E-state index contributed by atoms with van der Waals surface area (Å²) in [5, 5.41) is 0.376. The summed E-state index contributed by atoms with van der Waals surface area (Å²) >= 11 is 6.07. The van der Waals surface area contributed by atoms with E-state index in [4.69, 9.17) is 16.3 Å². The maximum atomic E-state index is 12.4. The molecule has 0 radical (unpaired) electrons. The van der Waals surface area contributed by atoms with Gasteiger partial charge in [0, 0.05) is 13.6 Å². The molecule has 5 heteroatoms. The number of rotatable bonds is 4. The van der Waals surface area contributed by atoms with Gasteiger partial charge in [0.25, 0.3) is 11.9 Å². The zero-order chi connectivity index (χ0) is 17.5. The van der Waals surface area contributed by atoms with Crippen molar-refractivity contribution in [3.05, 3.63) is 70.7 Å². The predicted octanol–water partition coefficient (Wildman–Crippen LogP) is 4.39. The molecular formula is C19H21ClN2O2. The quantitative estimate of drug-likeness (QED) is 0.610. The lowest BCUT2D eigenvalue weighted by Gasteiger charge is -2.22. The Kier molecular flexibility index (Phi) is 6.38. The van der Waals surface area contributed by atoms with Gasteiger partial charge in [-0.05, 0) is 31.5 Å². The largest absolute Gasteiger partial charge is 0.462 e. The average Bonchev–Trinajstić information content (AvgIpc) is 2.55. The molecule has 0 atom stereocenters. The molecule has 0 saturated carbocycles. The van der Waals surface area contributed by atoms with Crippen LogP contribution in [0, 0.1) is 0 Å². The van der Waals surface area contributed by atoms with Crippen LogP contribution in [0.4, 0.5) is 0 Å². The number of nitrogens with zero attached hydrogens (tertiary/aromatic N) is 2. The summed E-state index contributed by atoms with van der Waals surface area (Å²) in [4.78, 5) is 18.4. The fourth-order valence-corrected chi connectivity index (χ4v) is 2.34. The Labute approximate surface area is 147 Å². The van der Waals surface area contributed by atoms with Crippen LogP contribution in [0.3, 0.4) is 0 Å². The van der Waals surface area contributed by atoms with Gasteiger partial charge < -0.3 is 9.64 Å². The second-order valence-electron chi connectivity index (χ2n) is 5.69. The van der Waals surface area contributed by atoms with Crippen LogP contribution >= 0.6 is 11.6 Å². The third-order valence-corrected chi connectivity index (χ3v) is 3.56. The number of amides is 1. The maximum absolute atomic E-state index is 12.4. The molecular weight excluding hydrogens is 324 g/mol. The molecule has 4 nitrogen and oxygen atoms in total. The number of carbonyl (C=O) groups excluding carboxylic acids is 1. The highest BCUT2D eigenvalue weighted by molar-refractivity contribution is 6.34.